The molecule has 0 saturated carbocycles. The molecule has 2 atom stereocenters. The van der Waals surface area contributed by atoms with Crippen LogP contribution in [0.5, 0.6) is 0 Å². The van der Waals surface area contributed by atoms with Gasteiger partial charge in [-0.2, -0.15) is 0 Å². The summed E-state index contributed by atoms with van der Waals surface area (Å²) in [5.74, 6) is -0.965. The maximum Gasteiger partial charge on any atom is 0.291 e. The SMILES string of the molecule is Cc1ccccc1N1CCN(c2ccc(C(=O)NCCNC3CS(=O)(=O)C[C@@H]3O)cc2NC(=O)c2ccco2)CC1. The van der Waals surface area contributed by atoms with E-state index in [4.69, 9.17) is 4.42 Å². The highest BCUT2D eigenvalue weighted by atomic mass is 32.2. The van der Waals surface area contributed by atoms with Gasteiger partial charge in [0.15, 0.2) is 15.6 Å². The number of rotatable bonds is 9. The fourth-order valence-corrected chi connectivity index (χ4v) is 7.09. The predicted molar refractivity (Wildman–Crippen MR) is 157 cm³/mol. The minimum absolute atomic E-state index is 0.123. The lowest BCUT2D eigenvalue weighted by molar-refractivity contribution is 0.0950. The van der Waals surface area contributed by atoms with Gasteiger partial charge in [0.2, 0.25) is 0 Å². The predicted octanol–water partition coefficient (Wildman–Crippen LogP) is 1.64. The number of benzene rings is 2. The maximum atomic E-state index is 13.0. The van der Waals surface area contributed by atoms with Crippen LogP contribution >= 0.6 is 0 Å². The number of furan rings is 1. The van der Waals surface area contributed by atoms with Gasteiger partial charge in [-0.3, -0.25) is 9.59 Å². The van der Waals surface area contributed by atoms with E-state index in [9.17, 15) is 23.1 Å². The zero-order valence-corrected chi connectivity index (χ0v) is 23.7. The van der Waals surface area contributed by atoms with Crippen molar-refractivity contribution in [1.82, 2.24) is 10.6 Å². The molecule has 2 aliphatic rings. The van der Waals surface area contributed by atoms with Gasteiger partial charge in [-0.15, -0.1) is 0 Å². The van der Waals surface area contributed by atoms with Crippen LogP contribution < -0.4 is 25.8 Å². The van der Waals surface area contributed by atoms with Crippen molar-refractivity contribution < 1.29 is 27.5 Å². The largest absolute Gasteiger partial charge is 0.459 e. The van der Waals surface area contributed by atoms with E-state index in [1.807, 2.05) is 18.2 Å². The van der Waals surface area contributed by atoms with Gasteiger partial charge >= 0.3 is 0 Å². The molecule has 0 radical (unpaired) electrons. The number of carbonyl (C=O) groups is 2. The van der Waals surface area contributed by atoms with E-state index in [1.54, 1.807) is 24.3 Å². The zero-order valence-electron chi connectivity index (χ0n) is 22.9. The fourth-order valence-electron chi connectivity index (χ4n) is 5.31. The molecule has 2 fully saturated rings. The van der Waals surface area contributed by atoms with Crippen molar-refractivity contribution in [1.29, 1.82) is 0 Å². The Hall–Kier alpha value is -3.87. The summed E-state index contributed by atoms with van der Waals surface area (Å²) in [5, 5.41) is 18.6. The van der Waals surface area contributed by atoms with Crippen LogP contribution in [0.15, 0.2) is 65.3 Å². The molecule has 3 heterocycles. The number of aryl methyl sites for hydroxylation is 1. The number of para-hydroxylation sites is 1. The van der Waals surface area contributed by atoms with Crippen molar-refractivity contribution >= 4 is 38.7 Å². The number of hydrogen-bond donors (Lipinski definition) is 4. The van der Waals surface area contributed by atoms with Crippen LogP contribution in [0.1, 0.15) is 26.5 Å². The number of piperazine rings is 1. The molecule has 41 heavy (non-hydrogen) atoms. The molecule has 218 valence electrons. The van der Waals surface area contributed by atoms with E-state index >= 15 is 0 Å². The number of nitrogens with zero attached hydrogens (tertiary/aromatic N) is 2. The van der Waals surface area contributed by atoms with Gasteiger partial charge in [-0.1, -0.05) is 18.2 Å². The highest BCUT2D eigenvalue weighted by Gasteiger charge is 2.35. The average Bonchev–Trinajstić information content (AvgIpc) is 3.59. The van der Waals surface area contributed by atoms with Crippen LogP contribution in [0.2, 0.25) is 0 Å². The van der Waals surface area contributed by atoms with E-state index < -0.39 is 27.9 Å². The third kappa shape index (κ3) is 6.89. The van der Waals surface area contributed by atoms with Gasteiger partial charge in [0.25, 0.3) is 11.8 Å². The number of anilines is 3. The number of aliphatic hydroxyl groups excluding tert-OH is 1. The lowest BCUT2D eigenvalue weighted by Crippen LogP contribution is -2.47. The third-order valence-electron chi connectivity index (χ3n) is 7.47. The van der Waals surface area contributed by atoms with Crippen molar-refractivity contribution in [3.05, 3.63) is 77.7 Å². The summed E-state index contributed by atoms with van der Waals surface area (Å²) in [6.45, 7) is 5.72. The molecule has 1 unspecified atom stereocenters. The van der Waals surface area contributed by atoms with Gasteiger partial charge in [-0.25, -0.2) is 8.42 Å². The van der Waals surface area contributed by atoms with Gasteiger partial charge in [0.1, 0.15) is 0 Å². The van der Waals surface area contributed by atoms with Gasteiger partial charge in [0.05, 0.1) is 35.2 Å². The Morgan fingerprint density at radius 2 is 1.66 bits per heavy atom. The monoisotopic (exact) mass is 581 g/mol. The molecular weight excluding hydrogens is 546 g/mol. The van der Waals surface area contributed by atoms with Crippen LogP contribution in [-0.4, -0.2) is 88.3 Å². The van der Waals surface area contributed by atoms with Crippen LogP contribution in [0.25, 0.3) is 0 Å². The zero-order chi connectivity index (χ0) is 29.0. The highest BCUT2D eigenvalue weighted by Crippen LogP contribution is 2.30. The van der Waals surface area contributed by atoms with Gasteiger partial charge < -0.3 is 35.3 Å². The normalized spacial score (nSPS) is 20.1. The Labute approximate surface area is 239 Å². The van der Waals surface area contributed by atoms with Crippen LogP contribution in [-0.2, 0) is 9.84 Å². The summed E-state index contributed by atoms with van der Waals surface area (Å²) in [4.78, 5) is 30.4. The first kappa shape index (κ1) is 28.7. The van der Waals surface area contributed by atoms with E-state index in [0.29, 0.717) is 17.8 Å². The first-order valence-corrected chi connectivity index (χ1v) is 15.5. The van der Waals surface area contributed by atoms with Crippen molar-refractivity contribution in [2.75, 3.05) is 65.9 Å². The second-order valence-corrected chi connectivity index (χ2v) is 12.5. The molecule has 2 saturated heterocycles. The second kappa shape index (κ2) is 12.3. The number of amides is 2. The van der Waals surface area contributed by atoms with E-state index in [0.717, 1.165) is 31.9 Å². The fraction of sp³-hybridized carbons (Fsp3) is 0.379. The maximum absolute atomic E-state index is 13.0. The highest BCUT2D eigenvalue weighted by molar-refractivity contribution is 7.91. The molecule has 5 rings (SSSR count). The number of hydrogen-bond acceptors (Lipinski definition) is 9. The Kier molecular flexibility index (Phi) is 8.62. The average molecular weight is 582 g/mol. The van der Waals surface area contributed by atoms with Gasteiger partial charge in [-0.05, 0) is 48.9 Å². The van der Waals surface area contributed by atoms with Gasteiger partial charge in [0, 0.05) is 56.6 Å². The molecule has 1 aromatic heterocycles. The van der Waals surface area contributed by atoms with Crippen molar-refractivity contribution in [3.63, 3.8) is 0 Å². The van der Waals surface area contributed by atoms with Crippen molar-refractivity contribution in [3.8, 4) is 0 Å². The first-order chi connectivity index (χ1) is 19.7. The minimum Gasteiger partial charge on any atom is -0.459 e. The lowest BCUT2D eigenvalue weighted by atomic mass is 10.1. The Morgan fingerprint density at radius 3 is 2.32 bits per heavy atom. The van der Waals surface area contributed by atoms with E-state index in [1.165, 1.54) is 17.5 Å². The van der Waals surface area contributed by atoms with E-state index in [2.05, 4.69) is 44.8 Å². The van der Waals surface area contributed by atoms with Crippen molar-refractivity contribution in [2.24, 2.45) is 0 Å². The Morgan fingerprint density at radius 1 is 0.927 bits per heavy atom. The molecule has 3 aromatic rings. The third-order valence-corrected chi connectivity index (χ3v) is 9.18. The smallest absolute Gasteiger partial charge is 0.291 e. The molecule has 0 bridgehead atoms. The van der Waals surface area contributed by atoms with E-state index in [-0.39, 0.29) is 29.7 Å². The Balaban J connectivity index is 1.25. The molecule has 2 aliphatic heterocycles. The van der Waals surface area contributed by atoms with Crippen LogP contribution in [0.3, 0.4) is 0 Å². The van der Waals surface area contributed by atoms with Crippen molar-refractivity contribution in [2.45, 2.75) is 19.1 Å². The number of carbonyl (C=O) groups excluding carboxylic acids is 2. The molecule has 4 N–H and O–H groups in total. The molecule has 0 spiro atoms. The summed E-state index contributed by atoms with van der Waals surface area (Å²) in [6, 6.07) is 16.2. The summed E-state index contributed by atoms with van der Waals surface area (Å²) in [7, 11) is -3.25. The summed E-state index contributed by atoms with van der Waals surface area (Å²) < 4.78 is 28.6. The molecule has 12 heteroatoms. The van der Waals surface area contributed by atoms with Crippen LogP contribution in [0, 0.1) is 6.92 Å². The molecule has 2 amide bonds. The summed E-state index contributed by atoms with van der Waals surface area (Å²) >= 11 is 0. The molecular formula is C29H35N5O6S. The topological polar surface area (TPSA) is 144 Å². The summed E-state index contributed by atoms with van der Waals surface area (Å²) in [5.41, 5.74) is 4.11. The molecule has 11 nitrogen and oxygen atoms in total. The minimum atomic E-state index is -3.25. The first-order valence-electron chi connectivity index (χ1n) is 13.6. The number of nitrogens with one attached hydrogen (secondary N) is 3. The lowest BCUT2D eigenvalue weighted by Gasteiger charge is -2.38. The summed E-state index contributed by atoms with van der Waals surface area (Å²) in [6.07, 6.45) is 0.473. The molecule has 2 aromatic carbocycles. The van der Waals surface area contributed by atoms with Crippen LogP contribution in [0.4, 0.5) is 17.1 Å². The number of aliphatic hydroxyl groups is 1. The Bertz CT molecular complexity index is 1490. The quantitative estimate of drug-likeness (QED) is 0.277. The standard InChI is InChI=1S/C29H35N5O6S/c1-20-5-2-3-6-24(20)33-12-14-34(15-13-33)25-9-8-21(17-22(25)32-29(37)27-7-4-16-40-27)28(36)31-11-10-30-23-18-41(38,39)19-26(23)35/h2-9,16-17,23,26,30,35H,10-15,18-19H2,1H3,(H,31,36)(H,32,37)/t23?,26-/m0/s1. The second-order valence-electron chi connectivity index (χ2n) is 10.4. The molecule has 0 aliphatic carbocycles. The number of sulfone groups is 1.